The normalized spacial score (nSPS) is 11.7. The molecule has 0 N–H and O–H groups in total. The summed E-state index contributed by atoms with van der Waals surface area (Å²) in [4.78, 5) is 21.6. The van der Waals surface area contributed by atoms with Crippen molar-refractivity contribution in [3.05, 3.63) is 473 Å². The predicted octanol–water partition coefficient (Wildman–Crippen LogP) is 33.0. The fourth-order valence-corrected chi connectivity index (χ4v) is 20.1. The summed E-state index contributed by atoms with van der Waals surface area (Å²) in [5, 5.41) is 19.5. The molecule has 604 valence electrons. The molecule has 0 fully saturated rings. The number of hydrogen-bond acceptors (Lipinski definition) is 4. The van der Waals surface area contributed by atoms with Gasteiger partial charge < -0.3 is 9.13 Å². The Morgan fingerprint density at radius 3 is 0.846 bits per heavy atom. The van der Waals surface area contributed by atoms with Crippen LogP contribution in [0.15, 0.2) is 473 Å². The highest BCUT2D eigenvalue weighted by Crippen LogP contribution is 2.49. The minimum absolute atomic E-state index is 0.855. The molecule has 0 amide bonds. The molecule has 0 aliphatic heterocycles. The van der Waals surface area contributed by atoms with Gasteiger partial charge in [0.05, 0.1) is 78.3 Å². The van der Waals surface area contributed by atoms with Crippen molar-refractivity contribution in [1.82, 2.24) is 29.1 Å². The van der Waals surface area contributed by atoms with Crippen LogP contribution in [0.3, 0.4) is 0 Å². The highest BCUT2D eigenvalue weighted by atomic mass is 15.0. The lowest BCUT2D eigenvalue weighted by Crippen LogP contribution is -1.99. The maximum atomic E-state index is 5.44. The molecule has 130 heavy (non-hydrogen) atoms. The molecule has 0 radical (unpaired) electrons. The summed E-state index contributed by atoms with van der Waals surface area (Å²) in [6, 6.07) is 170. The van der Waals surface area contributed by atoms with E-state index >= 15 is 0 Å². The number of hydrogen-bond donors (Lipinski definition) is 0. The van der Waals surface area contributed by atoms with E-state index in [0.29, 0.717) is 0 Å². The van der Waals surface area contributed by atoms with E-state index in [1.807, 2.05) is 24.3 Å². The molecule has 0 unspecified atom stereocenters. The average Bonchev–Trinajstić information content (AvgIpc) is 1.55. The van der Waals surface area contributed by atoms with Crippen LogP contribution in [0.5, 0.6) is 0 Å². The lowest BCUT2D eigenvalue weighted by atomic mass is 9.95. The molecule has 0 saturated carbocycles. The van der Waals surface area contributed by atoms with Crippen LogP contribution in [0.4, 0.5) is 0 Å². The third kappa shape index (κ3) is 12.9. The minimum Gasteiger partial charge on any atom is -0.309 e. The quantitative estimate of drug-likeness (QED) is 0.122. The molecule has 0 aliphatic carbocycles. The maximum absolute atomic E-state index is 5.44. The summed E-state index contributed by atoms with van der Waals surface area (Å²) >= 11 is 0. The van der Waals surface area contributed by atoms with Gasteiger partial charge in [0.1, 0.15) is 0 Å². The molecule has 0 spiro atoms. The van der Waals surface area contributed by atoms with E-state index in [2.05, 4.69) is 458 Å². The van der Waals surface area contributed by atoms with Crippen molar-refractivity contribution >= 4 is 130 Å². The summed E-state index contributed by atoms with van der Waals surface area (Å²) < 4.78 is 4.96. The van der Waals surface area contributed by atoms with Crippen molar-refractivity contribution in [1.29, 1.82) is 0 Å². The SMILES string of the molecule is c1ccc(-c2ccc(-c3ccc(-c4nc5ccccc5nc4-c4ccc(-n5c6ccc7ccccc7c6c6c7ccc(-c8ccccc8)cc7ccc65)c5ccccc45)cc3)cc2)cc1.c1ccc(-c2ccc(-c3cccc(-c4nc5ccccc5nc4-c4ccc(-n5c6ccc7ccccc7c6c6c7cc(-c8ccccc8)ccc7ccc65)c5ccccc45)c3)cc2)cc1. The molecule has 0 atom stereocenters. The van der Waals surface area contributed by atoms with Gasteiger partial charge in [0.15, 0.2) is 0 Å². The molecule has 4 aromatic heterocycles. The Bertz CT molecular complexity index is 8990. The van der Waals surface area contributed by atoms with Crippen LogP contribution >= 0.6 is 0 Å². The van der Waals surface area contributed by atoms with Gasteiger partial charge in [-0.05, 0) is 212 Å². The van der Waals surface area contributed by atoms with E-state index in [0.717, 1.165) is 117 Å². The lowest BCUT2D eigenvalue weighted by molar-refractivity contribution is 1.20. The highest BCUT2D eigenvalue weighted by molar-refractivity contribution is 6.31. The third-order valence-corrected chi connectivity index (χ3v) is 26.4. The van der Waals surface area contributed by atoms with Gasteiger partial charge in [0.25, 0.3) is 0 Å². The van der Waals surface area contributed by atoms with Gasteiger partial charge in [-0.1, -0.05) is 382 Å². The van der Waals surface area contributed by atoms with Gasteiger partial charge in [-0.2, -0.15) is 0 Å². The van der Waals surface area contributed by atoms with Crippen LogP contribution in [0, 0.1) is 0 Å². The van der Waals surface area contributed by atoms with Crippen molar-refractivity contribution < 1.29 is 0 Å². The number of fused-ring (bicyclic) bond motifs is 18. The number of benzene rings is 22. The van der Waals surface area contributed by atoms with Gasteiger partial charge >= 0.3 is 0 Å². The van der Waals surface area contributed by atoms with E-state index in [1.165, 1.54) is 137 Å². The van der Waals surface area contributed by atoms with Crippen molar-refractivity contribution in [2.24, 2.45) is 0 Å². The number of nitrogens with zero attached hydrogens (tertiary/aromatic N) is 6. The molecule has 6 heteroatoms. The first-order chi connectivity index (χ1) is 64.5. The number of aromatic nitrogens is 6. The first-order valence-corrected chi connectivity index (χ1v) is 44.5. The van der Waals surface area contributed by atoms with Crippen LogP contribution in [-0.2, 0) is 0 Å². The Morgan fingerprint density at radius 2 is 0.408 bits per heavy atom. The van der Waals surface area contributed by atoms with Gasteiger partial charge in [-0.3, -0.25) is 0 Å². The zero-order chi connectivity index (χ0) is 85.7. The summed E-state index contributed by atoms with van der Waals surface area (Å²) in [5.74, 6) is 0. The zero-order valence-electron chi connectivity index (χ0n) is 70.7. The van der Waals surface area contributed by atoms with Crippen molar-refractivity contribution in [2.45, 2.75) is 0 Å². The molecule has 0 bridgehead atoms. The topological polar surface area (TPSA) is 61.4 Å². The van der Waals surface area contributed by atoms with Gasteiger partial charge in [0.2, 0.25) is 0 Å². The number of rotatable bonds is 12. The lowest BCUT2D eigenvalue weighted by Gasteiger charge is -2.17. The Balaban J connectivity index is 0.000000140. The van der Waals surface area contributed by atoms with E-state index in [-0.39, 0.29) is 0 Å². The molecule has 0 aliphatic rings. The van der Waals surface area contributed by atoms with E-state index in [1.54, 1.807) is 0 Å². The van der Waals surface area contributed by atoms with Gasteiger partial charge in [0, 0.05) is 54.6 Å². The van der Waals surface area contributed by atoms with Crippen molar-refractivity contribution in [2.75, 3.05) is 0 Å². The summed E-state index contributed by atoms with van der Waals surface area (Å²) in [6.07, 6.45) is 0. The fraction of sp³-hybridized carbons (Fsp3) is 0. The van der Waals surface area contributed by atoms with E-state index in [4.69, 9.17) is 19.9 Å². The Hall–Kier alpha value is -17.3. The van der Waals surface area contributed by atoms with Crippen LogP contribution < -0.4 is 0 Å². The first-order valence-electron chi connectivity index (χ1n) is 44.5. The molecule has 6 nitrogen and oxygen atoms in total. The molecular formula is C124H78N6. The summed E-state index contributed by atoms with van der Waals surface area (Å²) in [6.45, 7) is 0. The molecule has 26 rings (SSSR count). The second-order valence-electron chi connectivity index (χ2n) is 33.8. The number of para-hydroxylation sites is 4. The molecule has 0 saturated heterocycles. The first kappa shape index (κ1) is 75.2. The van der Waals surface area contributed by atoms with Gasteiger partial charge in [-0.15, -0.1) is 0 Å². The standard InChI is InChI=1S/2C62H39N3/c1-3-14-40(15-4-1)42-26-28-43(29-27-42)46-19-13-20-48(38-46)61-62(64-55-25-12-11-24-54(55)63-61)52-34-37-56(51-23-10-9-22-50(51)52)65-57-35-32-44-18-7-8-21-49(44)59(57)60-53-39-47(41-16-5-2-6-17-41)31-30-45(53)33-36-58(60)65;1-3-13-40(14-4-1)42-23-25-43(26-24-42)44-27-29-46(30-28-44)61-62(64-55-22-12-11-21-54(55)63-61)53-35-38-56(52-20-10-9-19-51(52)53)65-57-36-32-45-17-7-8-18-49(45)59(57)60-50-34-31-47(41-15-5-2-6-16-41)39-48(50)33-37-58(60)65/h2*1-39H. The zero-order valence-corrected chi connectivity index (χ0v) is 70.7. The summed E-state index contributed by atoms with van der Waals surface area (Å²) in [5.41, 5.74) is 32.3. The van der Waals surface area contributed by atoms with Crippen molar-refractivity contribution in [3.63, 3.8) is 0 Å². The fourth-order valence-electron chi connectivity index (χ4n) is 20.1. The third-order valence-electron chi connectivity index (χ3n) is 26.4. The Morgan fingerprint density at radius 1 is 0.138 bits per heavy atom. The predicted molar refractivity (Wildman–Crippen MR) is 547 cm³/mol. The molecule has 26 aromatic rings. The smallest absolute Gasteiger partial charge is 0.0979 e. The van der Waals surface area contributed by atoms with E-state index in [9.17, 15) is 0 Å². The second-order valence-corrected chi connectivity index (χ2v) is 33.8. The monoisotopic (exact) mass is 1650 g/mol. The van der Waals surface area contributed by atoms with Crippen molar-refractivity contribution in [3.8, 4) is 123 Å². The molecule has 22 aromatic carbocycles. The maximum Gasteiger partial charge on any atom is 0.0979 e. The van der Waals surface area contributed by atoms with Crippen LogP contribution in [0.2, 0.25) is 0 Å². The highest BCUT2D eigenvalue weighted by Gasteiger charge is 2.26. The van der Waals surface area contributed by atoms with Crippen LogP contribution in [-0.4, -0.2) is 29.1 Å². The van der Waals surface area contributed by atoms with Crippen LogP contribution in [0.1, 0.15) is 0 Å². The van der Waals surface area contributed by atoms with Crippen LogP contribution in [0.25, 0.3) is 253 Å². The second kappa shape index (κ2) is 31.4. The largest absolute Gasteiger partial charge is 0.309 e. The summed E-state index contributed by atoms with van der Waals surface area (Å²) in [7, 11) is 0. The Kier molecular flexibility index (Phi) is 18.2. The minimum atomic E-state index is 0.855. The van der Waals surface area contributed by atoms with Gasteiger partial charge in [-0.25, -0.2) is 19.9 Å². The Labute approximate surface area is 750 Å². The molecule has 4 heterocycles. The average molecular weight is 1650 g/mol. The van der Waals surface area contributed by atoms with E-state index < -0.39 is 0 Å². The molecular weight excluding hydrogens is 1570 g/mol.